The van der Waals surface area contributed by atoms with Gasteiger partial charge in [-0.2, -0.15) is 0 Å². The summed E-state index contributed by atoms with van der Waals surface area (Å²) >= 11 is 0. The van der Waals surface area contributed by atoms with Gasteiger partial charge in [0.05, 0.1) is 0 Å². The summed E-state index contributed by atoms with van der Waals surface area (Å²) in [6.07, 6.45) is 3.64. The SMILES string of the molecule is CCc1ccccc1CN1CCC(C(C)N)CC1.Cl. The topological polar surface area (TPSA) is 29.3 Å². The fourth-order valence-corrected chi connectivity index (χ4v) is 2.93. The number of benzene rings is 1. The Morgan fingerprint density at radius 2 is 1.79 bits per heavy atom. The van der Waals surface area contributed by atoms with Crippen molar-refractivity contribution in [1.29, 1.82) is 0 Å². The van der Waals surface area contributed by atoms with Gasteiger partial charge in [0.1, 0.15) is 0 Å². The molecule has 1 aliphatic rings. The Kier molecular flexibility index (Phi) is 6.84. The van der Waals surface area contributed by atoms with Crippen molar-refractivity contribution >= 4 is 12.4 Å². The number of likely N-dealkylation sites (tertiary alicyclic amines) is 1. The van der Waals surface area contributed by atoms with Crippen LogP contribution in [0.4, 0.5) is 0 Å². The van der Waals surface area contributed by atoms with Crippen LogP contribution in [0.15, 0.2) is 24.3 Å². The van der Waals surface area contributed by atoms with E-state index in [9.17, 15) is 0 Å². The van der Waals surface area contributed by atoms with Gasteiger partial charge in [-0.3, -0.25) is 4.90 Å². The van der Waals surface area contributed by atoms with Gasteiger partial charge in [-0.05, 0) is 56.3 Å². The molecule has 1 aromatic rings. The van der Waals surface area contributed by atoms with Crippen LogP contribution in [-0.4, -0.2) is 24.0 Å². The van der Waals surface area contributed by atoms with Gasteiger partial charge in [0.15, 0.2) is 0 Å². The molecule has 2 nitrogen and oxygen atoms in total. The molecule has 0 radical (unpaired) electrons. The lowest BCUT2D eigenvalue weighted by atomic mass is 9.90. The Morgan fingerprint density at radius 1 is 1.21 bits per heavy atom. The van der Waals surface area contributed by atoms with E-state index in [0.717, 1.165) is 18.9 Å². The van der Waals surface area contributed by atoms with Crippen LogP contribution in [0.25, 0.3) is 0 Å². The number of hydrogen-bond acceptors (Lipinski definition) is 2. The summed E-state index contributed by atoms with van der Waals surface area (Å²) in [4.78, 5) is 2.58. The maximum Gasteiger partial charge on any atom is 0.0236 e. The summed E-state index contributed by atoms with van der Waals surface area (Å²) in [6, 6.07) is 9.18. The number of aryl methyl sites for hydroxylation is 1. The highest BCUT2D eigenvalue weighted by atomic mass is 35.5. The van der Waals surface area contributed by atoms with Gasteiger partial charge >= 0.3 is 0 Å². The van der Waals surface area contributed by atoms with Crippen LogP contribution in [0.1, 0.15) is 37.8 Å². The fourth-order valence-electron chi connectivity index (χ4n) is 2.93. The van der Waals surface area contributed by atoms with Gasteiger partial charge in [-0.1, -0.05) is 31.2 Å². The third kappa shape index (κ3) is 4.48. The largest absolute Gasteiger partial charge is 0.328 e. The first-order valence-electron chi connectivity index (χ1n) is 7.25. The normalized spacial score (nSPS) is 18.9. The molecule has 19 heavy (non-hydrogen) atoms. The van der Waals surface area contributed by atoms with E-state index in [1.165, 1.54) is 37.1 Å². The van der Waals surface area contributed by atoms with Crippen LogP contribution in [0.3, 0.4) is 0 Å². The first kappa shape index (κ1) is 16.5. The van der Waals surface area contributed by atoms with Gasteiger partial charge in [0.2, 0.25) is 0 Å². The van der Waals surface area contributed by atoms with Crippen molar-refractivity contribution in [3.63, 3.8) is 0 Å². The second kappa shape index (κ2) is 7.88. The van der Waals surface area contributed by atoms with Crippen molar-refractivity contribution in [2.45, 2.75) is 45.7 Å². The molecule has 0 spiro atoms. The minimum Gasteiger partial charge on any atom is -0.328 e. The Bertz CT molecular complexity index is 371. The van der Waals surface area contributed by atoms with Crippen molar-refractivity contribution in [3.05, 3.63) is 35.4 Å². The lowest BCUT2D eigenvalue weighted by Gasteiger charge is -2.34. The van der Waals surface area contributed by atoms with Gasteiger partial charge < -0.3 is 5.73 Å². The average molecular weight is 283 g/mol. The molecule has 0 aliphatic carbocycles. The molecule has 1 aliphatic heterocycles. The van der Waals surface area contributed by atoms with Crippen LogP contribution in [0, 0.1) is 5.92 Å². The van der Waals surface area contributed by atoms with E-state index in [-0.39, 0.29) is 12.4 Å². The monoisotopic (exact) mass is 282 g/mol. The van der Waals surface area contributed by atoms with Gasteiger partial charge in [-0.25, -0.2) is 0 Å². The summed E-state index contributed by atoms with van der Waals surface area (Å²) in [5.74, 6) is 0.725. The molecular weight excluding hydrogens is 256 g/mol. The quantitative estimate of drug-likeness (QED) is 0.919. The minimum atomic E-state index is 0. The van der Waals surface area contributed by atoms with Crippen LogP contribution in [0.2, 0.25) is 0 Å². The molecule has 1 fully saturated rings. The molecular formula is C16H27ClN2. The maximum absolute atomic E-state index is 5.99. The van der Waals surface area contributed by atoms with Crippen molar-refractivity contribution < 1.29 is 0 Å². The Hall–Kier alpha value is -0.570. The molecule has 1 aromatic carbocycles. The molecule has 1 heterocycles. The highest BCUT2D eigenvalue weighted by Crippen LogP contribution is 2.22. The van der Waals surface area contributed by atoms with Crippen LogP contribution in [-0.2, 0) is 13.0 Å². The molecule has 1 saturated heterocycles. The van der Waals surface area contributed by atoms with Gasteiger partial charge in [0.25, 0.3) is 0 Å². The van der Waals surface area contributed by atoms with Crippen molar-refractivity contribution in [1.82, 2.24) is 4.90 Å². The molecule has 3 heteroatoms. The van der Waals surface area contributed by atoms with Crippen molar-refractivity contribution in [2.75, 3.05) is 13.1 Å². The molecule has 2 N–H and O–H groups in total. The van der Waals surface area contributed by atoms with E-state index in [1.54, 1.807) is 0 Å². The maximum atomic E-state index is 5.99. The summed E-state index contributed by atoms with van der Waals surface area (Å²) in [6.45, 7) is 7.89. The van der Waals surface area contributed by atoms with E-state index in [4.69, 9.17) is 5.73 Å². The van der Waals surface area contributed by atoms with E-state index in [1.807, 2.05) is 0 Å². The smallest absolute Gasteiger partial charge is 0.0236 e. The highest BCUT2D eigenvalue weighted by Gasteiger charge is 2.21. The summed E-state index contributed by atoms with van der Waals surface area (Å²) in [5, 5.41) is 0. The minimum absolute atomic E-state index is 0. The number of nitrogens with two attached hydrogens (primary N) is 1. The van der Waals surface area contributed by atoms with Crippen LogP contribution >= 0.6 is 12.4 Å². The summed E-state index contributed by atoms with van der Waals surface area (Å²) < 4.78 is 0. The third-order valence-corrected chi connectivity index (χ3v) is 4.27. The first-order valence-corrected chi connectivity index (χ1v) is 7.25. The third-order valence-electron chi connectivity index (χ3n) is 4.27. The zero-order valence-corrected chi connectivity index (χ0v) is 13.0. The van der Waals surface area contributed by atoms with E-state index >= 15 is 0 Å². The van der Waals surface area contributed by atoms with E-state index in [2.05, 4.69) is 43.0 Å². The Balaban J connectivity index is 0.00000180. The van der Waals surface area contributed by atoms with Crippen molar-refractivity contribution in [3.8, 4) is 0 Å². The number of piperidine rings is 1. The Labute approximate surface area is 123 Å². The first-order chi connectivity index (χ1) is 8.70. The zero-order valence-electron chi connectivity index (χ0n) is 12.1. The molecule has 0 bridgehead atoms. The molecule has 108 valence electrons. The summed E-state index contributed by atoms with van der Waals surface area (Å²) in [7, 11) is 0. The zero-order chi connectivity index (χ0) is 13.0. The lowest BCUT2D eigenvalue weighted by Crippen LogP contribution is -2.39. The number of nitrogens with zero attached hydrogens (tertiary/aromatic N) is 1. The van der Waals surface area contributed by atoms with Crippen LogP contribution < -0.4 is 5.73 Å². The molecule has 1 unspecified atom stereocenters. The number of rotatable bonds is 4. The number of hydrogen-bond donors (Lipinski definition) is 1. The highest BCUT2D eigenvalue weighted by molar-refractivity contribution is 5.85. The number of halogens is 1. The molecule has 0 saturated carbocycles. The molecule has 2 rings (SSSR count). The second-order valence-electron chi connectivity index (χ2n) is 5.59. The van der Waals surface area contributed by atoms with Crippen LogP contribution in [0.5, 0.6) is 0 Å². The second-order valence-corrected chi connectivity index (χ2v) is 5.59. The predicted molar refractivity (Wildman–Crippen MR) is 84.7 cm³/mol. The predicted octanol–water partition coefficient (Wildman–Crippen LogP) is 3.23. The lowest BCUT2D eigenvalue weighted by molar-refractivity contribution is 0.165. The van der Waals surface area contributed by atoms with E-state index < -0.39 is 0 Å². The average Bonchev–Trinajstić information content (AvgIpc) is 2.40. The molecule has 1 atom stereocenters. The summed E-state index contributed by atoms with van der Waals surface area (Å²) in [5.41, 5.74) is 8.98. The molecule has 0 amide bonds. The Morgan fingerprint density at radius 3 is 2.32 bits per heavy atom. The van der Waals surface area contributed by atoms with Gasteiger partial charge in [0, 0.05) is 12.6 Å². The standard InChI is InChI=1S/C16H26N2.ClH/c1-3-14-6-4-5-7-16(14)12-18-10-8-15(9-11-18)13(2)17;/h4-7,13,15H,3,8-12,17H2,1-2H3;1H. The molecule has 0 aromatic heterocycles. The fraction of sp³-hybridized carbons (Fsp3) is 0.625. The van der Waals surface area contributed by atoms with Gasteiger partial charge in [-0.15, -0.1) is 12.4 Å². The van der Waals surface area contributed by atoms with E-state index in [0.29, 0.717) is 6.04 Å². The van der Waals surface area contributed by atoms with Crippen molar-refractivity contribution in [2.24, 2.45) is 11.7 Å².